The second-order valence-corrected chi connectivity index (χ2v) is 19.3. The van der Waals surface area contributed by atoms with Gasteiger partial charge in [0.15, 0.2) is 0 Å². The molecule has 2 aliphatic rings. The van der Waals surface area contributed by atoms with Gasteiger partial charge in [-0.15, -0.1) is 11.8 Å². The van der Waals surface area contributed by atoms with Crippen molar-refractivity contribution < 1.29 is 0 Å². The van der Waals surface area contributed by atoms with E-state index in [2.05, 4.69) is 228 Å². The largest absolute Gasteiger partial charge is 0.309 e. The molecule has 2 heterocycles. The van der Waals surface area contributed by atoms with Crippen molar-refractivity contribution in [2.24, 2.45) is 0 Å². The van der Waals surface area contributed by atoms with Crippen LogP contribution in [0.5, 0.6) is 0 Å². The van der Waals surface area contributed by atoms with Gasteiger partial charge in [0, 0.05) is 38.4 Å². The highest BCUT2D eigenvalue weighted by atomic mass is 32.2. The maximum Gasteiger partial charge on any atom is 0.0547 e. The standard InChI is InChI=1S/C63H53NS/c1-7-10-20-41(8-2)45(9-3)47-21-11-12-22-48(47)46-33-31-42(35-40(46)4)43-32-34-50-49-23-14-17-29-59(49)64(60(50)36-43)44-37-54-51-24-15-18-30-61(51)65-39-56(54)55(38-44)52-26-19-28-58-62(52)53-25-13-16-27-57(53)63(58,5)6/h7-8,10-38,45H,2,9,39H2,1,3-6H3/b10-7-,41-20+. The first kappa shape index (κ1) is 40.9. The van der Waals surface area contributed by atoms with E-state index in [1.54, 1.807) is 0 Å². The molecule has 65 heavy (non-hydrogen) atoms. The molecule has 0 spiro atoms. The van der Waals surface area contributed by atoms with E-state index in [4.69, 9.17) is 0 Å². The van der Waals surface area contributed by atoms with Gasteiger partial charge >= 0.3 is 0 Å². The van der Waals surface area contributed by atoms with Crippen LogP contribution in [0.25, 0.3) is 83.1 Å². The van der Waals surface area contributed by atoms with Gasteiger partial charge in [0.2, 0.25) is 0 Å². The fourth-order valence-electron chi connectivity index (χ4n) is 11.2. The summed E-state index contributed by atoms with van der Waals surface area (Å²) in [6.07, 6.45) is 9.43. The minimum atomic E-state index is -0.0828. The molecule has 1 aromatic heterocycles. The lowest BCUT2D eigenvalue weighted by Gasteiger charge is -2.26. The third-order valence-corrected chi connectivity index (χ3v) is 15.4. The molecule has 0 bridgehead atoms. The Morgan fingerprint density at radius 2 is 1.31 bits per heavy atom. The minimum Gasteiger partial charge on any atom is -0.309 e. The van der Waals surface area contributed by atoms with Gasteiger partial charge in [-0.2, -0.15) is 0 Å². The lowest BCUT2D eigenvalue weighted by atomic mass is 9.81. The molecule has 1 atom stereocenters. The van der Waals surface area contributed by atoms with Crippen LogP contribution >= 0.6 is 11.8 Å². The second-order valence-electron chi connectivity index (χ2n) is 18.3. The van der Waals surface area contributed by atoms with Crippen LogP contribution in [0.1, 0.15) is 67.9 Å². The molecule has 1 unspecified atom stereocenters. The maximum absolute atomic E-state index is 4.20. The van der Waals surface area contributed by atoms with Crippen LogP contribution in [0.2, 0.25) is 0 Å². The smallest absolute Gasteiger partial charge is 0.0547 e. The van der Waals surface area contributed by atoms with Crippen molar-refractivity contribution in [3.8, 4) is 61.3 Å². The van der Waals surface area contributed by atoms with Crippen LogP contribution in [0.3, 0.4) is 0 Å². The first-order valence-electron chi connectivity index (χ1n) is 23.1. The quantitative estimate of drug-likeness (QED) is 0.131. The molecule has 1 nitrogen and oxygen atoms in total. The van der Waals surface area contributed by atoms with Gasteiger partial charge in [-0.3, -0.25) is 0 Å². The third-order valence-electron chi connectivity index (χ3n) is 14.3. The van der Waals surface area contributed by atoms with Crippen LogP contribution in [-0.2, 0) is 11.2 Å². The summed E-state index contributed by atoms with van der Waals surface area (Å²) in [5.74, 6) is 1.18. The van der Waals surface area contributed by atoms with Gasteiger partial charge < -0.3 is 4.57 Å². The number of nitrogens with zero attached hydrogens (tertiary/aromatic N) is 1. The van der Waals surface area contributed by atoms with E-state index < -0.39 is 0 Å². The summed E-state index contributed by atoms with van der Waals surface area (Å²) in [5.41, 5.74) is 24.6. The van der Waals surface area contributed by atoms with E-state index in [0.717, 1.165) is 12.2 Å². The number of rotatable bonds is 9. The number of para-hydroxylation sites is 1. The van der Waals surface area contributed by atoms with Crippen LogP contribution in [0.15, 0.2) is 205 Å². The molecule has 9 aromatic rings. The van der Waals surface area contributed by atoms with Crippen molar-refractivity contribution in [2.45, 2.75) is 63.0 Å². The Bertz CT molecular complexity index is 3440. The van der Waals surface area contributed by atoms with Crippen LogP contribution in [-0.4, -0.2) is 4.57 Å². The average molecular weight is 856 g/mol. The summed E-state index contributed by atoms with van der Waals surface area (Å²) >= 11 is 1.96. The predicted molar refractivity (Wildman–Crippen MR) is 281 cm³/mol. The Morgan fingerprint density at radius 1 is 0.646 bits per heavy atom. The SMILES string of the molecule is C=C/C(=C\C=C/C)C(CC)c1ccccc1-c1ccc(-c2ccc3c4ccccc4n(-c4cc5c(c(-c6cccc7c6-c6ccccc6C7(C)C)c4)CSc4ccccc4-5)c3c2)cc1C. The van der Waals surface area contributed by atoms with Gasteiger partial charge in [-0.05, 0) is 140 Å². The molecule has 0 N–H and O–H groups in total. The van der Waals surface area contributed by atoms with Crippen molar-refractivity contribution >= 4 is 33.6 Å². The number of thioether (sulfide) groups is 1. The molecule has 0 saturated carbocycles. The maximum atomic E-state index is 4.20. The summed E-state index contributed by atoms with van der Waals surface area (Å²) < 4.78 is 2.53. The van der Waals surface area contributed by atoms with E-state index in [1.165, 1.54) is 121 Å². The second kappa shape index (κ2) is 16.3. The number of hydrogen-bond acceptors (Lipinski definition) is 1. The highest BCUT2D eigenvalue weighted by molar-refractivity contribution is 7.98. The molecule has 0 radical (unpaired) electrons. The molecular formula is C63H53NS. The van der Waals surface area contributed by atoms with Crippen molar-refractivity contribution in [1.82, 2.24) is 4.57 Å². The van der Waals surface area contributed by atoms with Crippen LogP contribution in [0, 0.1) is 6.92 Å². The normalized spacial score (nSPS) is 14.3. The predicted octanol–water partition coefficient (Wildman–Crippen LogP) is 17.9. The highest BCUT2D eigenvalue weighted by Gasteiger charge is 2.37. The number of hydrogen-bond donors (Lipinski definition) is 0. The molecule has 1 aliphatic heterocycles. The Hall–Kier alpha value is -6.87. The van der Waals surface area contributed by atoms with E-state index in [1.807, 2.05) is 17.8 Å². The molecular weight excluding hydrogens is 803 g/mol. The Labute approximate surface area is 388 Å². The zero-order chi connectivity index (χ0) is 44.4. The first-order chi connectivity index (χ1) is 31.8. The minimum absolute atomic E-state index is 0.0828. The molecule has 0 fully saturated rings. The van der Waals surface area contributed by atoms with Crippen molar-refractivity contribution in [3.63, 3.8) is 0 Å². The lowest BCUT2D eigenvalue weighted by molar-refractivity contribution is 0.660. The molecule has 0 amide bonds. The Morgan fingerprint density at radius 3 is 2.11 bits per heavy atom. The van der Waals surface area contributed by atoms with Gasteiger partial charge in [0.25, 0.3) is 0 Å². The summed E-state index contributed by atoms with van der Waals surface area (Å²) in [6.45, 7) is 15.6. The van der Waals surface area contributed by atoms with Crippen LogP contribution in [0.4, 0.5) is 0 Å². The molecule has 11 rings (SSSR count). The number of aromatic nitrogens is 1. The fraction of sp³-hybridized carbons (Fsp3) is 0.143. The summed E-state index contributed by atoms with van der Waals surface area (Å²) in [6, 6.07) is 62.0. The average Bonchev–Trinajstić information content (AvgIpc) is 3.80. The van der Waals surface area contributed by atoms with Crippen molar-refractivity contribution in [3.05, 3.63) is 228 Å². The monoisotopic (exact) mass is 855 g/mol. The van der Waals surface area contributed by atoms with Gasteiger partial charge in [0.05, 0.1) is 11.0 Å². The highest BCUT2D eigenvalue weighted by Crippen LogP contribution is 2.55. The van der Waals surface area contributed by atoms with Crippen molar-refractivity contribution in [2.75, 3.05) is 0 Å². The zero-order valence-electron chi connectivity index (χ0n) is 38.0. The number of aryl methyl sites for hydroxylation is 1. The number of benzene rings is 8. The lowest BCUT2D eigenvalue weighted by Crippen LogP contribution is -2.14. The first-order valence-corrected chi connectivity index (χ1v) is 24.1. The van der Waals surface area contributed by atoms with Crippen molar-refractivity contribution in [1.29, 1.82) is 0 Å². The van der Waals surface area contributed by atoms with E-state index in [9.17, 15) is 0 Å². The van der Waals surface area contributed by atoms with Gasteiger partial charge in [-0.1, -0.05) is 185 Å². The summed E-state index contributed by atoms with van der Waals surface area (Å²) in [4.78, 5) is 1.34. The Balaban J connectivity index is 1.10. The number of fused-ring (bicyclic) bond motifs is 9. The van der Waals surface area contributed by atoms with Gasteiger partial charge in [0.1, 0.15) is 0 Å². The summed E-state index contributed by atoms with van der Waals surface area (Å²) in [5, 5.41) is 2.52. The van der Waals surface area contributed by atoms with Crippen LogP contribution < -0.4 is 0 Å². The molecule has 8 aromatic carbocycles. The molecule has 1 aliphatic carbocycles. The molecule has 0 saturated heterocycles. The third kappa shape index (κ3) is 6.61. The fourth-order valence-corrected chi connectivity index (χ4v) is 12.3. The number of allylic oxidation sites excluding steroid dienone is 5. The summed E-state index contributed by atoms with van der Waals surface area (Å²) in [7, 11) is 0. The topological polar surface area (TPSA) is 4.93 Å². The van der Waals surface area contributed by atoms with E-state index in [-0.39, 0.29) is 11.3 Å². The van der Waals surface area contributed by atoms with E-state index >= 15 is 0 Å². The van der Waals surface area contributed by atoms with E-state index in [0.29, 0.717) is 0 Å². The Kier molecular flexibility index (Phi) is 10.2. The molecule has 316 valence electrons. The zero-order valence-corrected chi connectivity index (χ0v) is 38.8. The molecule has 2 heteroatoms. The van der Waals surface area contributed by atoms with Gasteiger partial charge in [-0.25, -0.2) is 0 Å².